The van der Waals surface area contributed by atoms with Gasteiger partial charge in [-0.1, -0.05) is 50.7 Å². The van der Waals surface area contributed by atoms with Gasteiger partial charge in [0, 0.05) is 11.6 Å². The molecule has 0 saturated carbocycles. The van der Waals surface area contributed by atoms with Crippen molar-refractivity contribution in [1.29, 1.82) is 5.26 Å². The average Bonchev–Trinajstić information content (AvgIpc) is 2.78. The Balaban J connectivity index is 1.80. The number of ether oxygens (including phenoxy) is 1. The predicted octanol–water partition coefficient (Wildman–Crippen LogP) is 5.24. The van der Waals surface area contributed by atoms with Crippen molar-refractivity contribution in [3.8, 4) is 17.6 Å². The van der Waals surface area contributed by atoms with Crippen LogP contribution in [0.2, 0.25) is 0 Å². The minimum Gasteiger partial charge on any atom is -0.506 e. The summed E-state index contributed by atoms with van der Waals surface area (Å²) < 4.78 is 5.88. The van der Waals surface area contributed by atoms with E-state index in [9.17, 15) is 10.4 Å². The lowest BCUT2D eigenvalue weighted by atomic mass is 9.77. The summed E-state index contributed by atoms with van der Waals surface area (Å²) in [7, 11) is 0. The molecular formula is C24H25N3O2S. The van der Waals surface area contributed by atoms with E-state index < -0.39 is 0 Å². The van der Waals surface area contributed by atoms with E-state index in [1.165, 1.54) is 11.8 Å². The molecule has 1 heterocycles. The highest BCUT2D eigenvalue weighted by Gasteiger charge is 2.25. The van der Waals surface area contributed by atoms with Crippen molar-refractivity contribution in [1.82, 2.24) is 9.97 Å². The molecule has 30 heavy (non-hydrogen) atoms. The van der Waals surface area contributed by atoms with Gasteiger partial charge in [0.25, 0.3) is 0 Å². The molecule has 5 nitrogen and oxygen atoms in total. The van der Waals surface area contributed by atoms with Gasteiger partial charge in [0.2, 0.25) is 0 Å². The van der Waals surface area contributed by atoms with E-state index in [0.29, 0.717) is 18.6 Å². The highest BCUT2D eigenvalue weighted by molar-refractivity contribution is 7.98. The maximum Gasteiger partial charge on any atom is 0.187 e. The van der Waals surface area contributed by atoms with Crippen LogP contribution in [0, 0.1) is 11.3 Å². The number of nitrogens with zero attached hydrogens (tertiary/aromatic N) is 3. The van der Waals surface area contributed by atoms with Crippen molar-refractivity contribution in [2.24, 2.45) is 0 Å². The molecule has 0 spiro atoms. The number of rotatable bonds is 7. The number of aromatic hydroxyl groups is 1. The summed E-state index contributed by atoms with van der Waals surface area (Å²) in [5.41, 5.74) is 3.69. The highest BCUT2D eigenvalue weighted by atomic mass is 32.2. The summed E-state index contributed by atoms with van der Waals surface area (Å²) in [6, 6.07) is 15.7. The Morgan fingerprint density at radius 2 is 1.87 bits per heavy atom. The molecule has 0 saturated heterocycles. The van der Waals surface area contributed by atoms with Gasteiger partial charge in [-0.05, 0) is 53.6 Å². The number of phenolic OH excluding ortho intramolecular Hbond substituents is 1. The number of nitriles is 1. The van der Waals surface area contributed by atoms with Gasteiger partial charge in [-0.15, -0.1) is 0 Å². The smallest absolute Gasteiger partial charge is 0.187 e. The van der Waals surface area contributed by atoms with Gasteiger partial charge in [-0.25, -0.2) is 9.97 Å². The third kappa shape index (κ3) is 4.58. The zero-order valence-electron chi connectivity index (χ0n) is 17.6. The van der Waals surface area contributed by atoms with Crippen LogP contribution in [-0.2, 0) is 18.4 Å². The molecular weight excluding hydrogens is 394 g/mol. The second-order valence-corrected chi connectivity index (χ2v) is 8.24. The molecule has 0 aliphatic heterocycles. The van der Waals surface area contributed by atoms with Crippen molar-refractivity contribution in [3.05, 3.63) is 76.6 Å². The molecule has 1 aromatic heterocycles. The monoisotopic (exact) mass is 419 g/mol. The molecule has 0 unspecified atom stereocenters. The van der Waals surface area contributed by atoms with Gasteiger partial charge in [0.1, 0.15) is 24.2 Å². The first-order valence-corrected chi connectivity index (χ1v) is 11.0. The Kier molecular flexibility index (Phi) is 6.63. The number of phenols is 1. The number of aromatic nitrogens is 2. The van der Waals surface area contributed by atoms with Gasteiger partial charge >= 0.3 is 0 Å². The quantitative estimate of drug-likeness (QED) is 0.417. The van der Waals surface area contributed by atoms with Crippen LogP contribution >= 0.6 is 11.8 Å². The maximum atomic E-state index is 10.2. The Morgan fingerprint density at radius 3 is 2.50 bits per heavy atom. The van der Waals surface area contributed by atoms with E-state index in [2.05, 4.69) is 29.9 Å². The third-order valence-corrected chi connectivity index (χ3v) is 5.81. The van der Waals surface area contributed by atoms with E-state index in [0.717, 1.165) is 33.3 Å². The van der Waals surface area contributed by atoms with Gasteiger partial charge in [0.15, 0.2) is 5.16 Å². The number of aryl methyl sites for hydroxylation is 1. The number of hydrogen-bond donors (Lipinski definition) is 1. The lowest BCUT2D eigenvalue weighted by Crippen LogP contribution is -2.19. The van der Waals surface area contributed by atoms with E-state index >= 15 is 0 Å². The molecule has 3 aromatic rings. The molecule has 0 radical (unpaired) electrons. The summed E-state index contributed by atoms with van der Waals surface area (Å²) in [5, 5.41) is 20.3. The van der Waals surface area contributed by atoms with Crippen LogP contribution in [0.3, 0.4) is 0 Å². The molecule has 6 heteroatoms. The van der Waals surface area contributed by atoms with Crippen LogP contribution in [-0.4, -0.2) is 21.3 Å². The lowest BCUT2D eigenvalue weighted by molar-refractivity contribution is 0.300. The maximum absolute atomic E-state index is 10.2. The van der Waals surface area contributed by atoms with Crippen molar-refractivity contribution in [3.63, 3.8) is 0 Å². The summed E-state index contributed by atoms with van der Waals surface area (Å²) in [5.74, 6) is 0.842. The zero-order valence-corrected chi connectivity index (χ0v) is 18.5. The van der Waals surface area contributed by atoms with Crippen LogP contribution in [0.25, 0.3) is 0 Å². The van der Waals surface area contributed by atoms with E-state index in [-0.39, 0.29) is 11.2 Å². The number of hydrogen-bond acceptors (Lipinski definition) is 6. The van der Waals surface area contributed by atoms with Crippen LogP contribution < -0.4 is 4.74 Å². The molecule has 0 fully saturated rings. The molecule has 0 bridgehead atoms. The highest BCUT2D eigenvalue weighted by Crippen LogP contribution is 2.36. The molecule has 0 amide bonds. The minimum absolute atomic E-state index is 0.0812. The normalized spacial score (nSPS) is 11.2. The summed E-state index contributed by atoms with van der Waals surface area (Å²) in [4.78, 5) is 8.59. The first kappa shape index (κ1) is 21.7. The molecule has 0 aliphatic rings. The van der Waals surface area contributed by atoms with Gasteiger partial charge in [-0.2, -0.15) is 5.26 Å². The van der Waals surface area contributed by atoms with E-state index in [4.69, 9.17) is 4.74 Å². The summed E-state index contributed by atoms with van der Waals surface area (Å²) in [6.45, 7) is 6.57. The van der Waals surface area contributed by atoms with Crippen molar-refractivity contribution in [2.45, 2.75) is 44.4 Å². The SMILES string of the molecule is CCc1cc(C(C)(C)c2ccc(OCc3ccnc(SC)n3)cc2)cc(C#N)c1O. The fraction of sp³-hybridized carbons (Fsp3) is 0.292. The average molecular weight is 420 g/mol. The Labute approximate surface area is 181 Å². The van der Waals surface area contributed by atoms with Crippen LogP contribution in [0.5, 0.6) is 11.5 Å². The Morgan fingerprint density at radius 1 is 1.13 bits per heavy atom. The molecule has 154 valence electrons. The van der Waals surface area contributed by atoms with Gasteiger partial charge in [0.05, 0.1) is 11.3 Å². The standard InChI is InChI=1S/C24H25N3O2S/c1-5-16-12-19(13-17(14-25)22(16)28)24(2,3)18-6-8-21(9-7-18)29-15-20-10-11-26-23(27-20)30-4/h6-13,28H,5,15H2,1-4H3. The molecule has 2 aromatic carbocycles. The summed E-state index contributed by atoms with van der Waals surface area (Å²) >= 11 is 1.50. The fourth-order valence-corrected chi connectivity index (χ4v) is 3.63. The van der Waals surface area contributed by atoms with E-state index in [1.54, 1.807) is 12.3 Å². The Hall–Kier alpha value is -3.04. The summed E-state index contributed by atoms with van der Waals surface area (Å²) in [6.07, 6.45) is 4.34. The lowest BCUT2D eigenvalue weighted by Gasteiger charge is -2.27. The van der Waals surface area contributed by atoms with Gasteiger partial charge in [-0.3, -0.25) is 0 Å². The largest absolute Gasteiger partial charge is 0.506 e. The Bertz CT molecular complexity index is 1070. The topological polar surface area (TPSA) is 79.0 Å². The molecule has 1 N–H and O–H groups in total. The predicted molar refractivity (Wildman–Crippen MR) is 119 cm³/mol. The van der Waals surface area contributed by atoms with Crippen molar-refractivity contribution < 1.29 is 9.84 Å². The minimum atomic E-state index is -0.332. The number of benzene rings is 2. The van der Waals surface area contributed by atoms with E-state index in [1.807, 2.05) is 49.6 Å². The van der Waals surface area contributed by atoms with Crippen molar-refractivity contribution >= 4 is 11.8 Å². The number of thioether (sulfide) groups is 1. The molecule has 0 aliphatic carbocycles. The van der Waals surface area contributed by atoms with Crippen LogP contribution in [0.1, 0.15) is 48.7 Å². The van der Waals surface area contributed by atoms with Crippen LogP contribution in [0.15, 0.2) is 53.8 Å². The first-order chi connectivity index (χ1) is 14.4. The van der Waals surface area contributed by atoms with Crippen LogP contribution in [0.4, 0.5) is 0 Å². The van der Waals surface area contributed by atoms with Gasteiger partial charge < -0.3 is 9.84 Å². The first-order valence-electron chi connectivity index (χ1n) is 9.74. The third-order valence-electron chi connectivity index (χ3n) is 5.25. The molecule has 3 rings (SSSR count). The molecule has 0 atom stereocenters. The second-order valence-electron chi connectivity index (χ2n) is 7.47. The fourth-order valence-electron chi connectivity index (χ4n) is 3.26. The zero-order chi connectivity index (χ0) is 21.7. The van der Waals surface area contributed by atoms with Crippen molar-refractivity contribution in [2.75, 3.05) is 6.26 Å². The second kappa shape index (κ2) is 9.19.